The van der Waals surface area contributed by atoms with Crippen LogP contribution in [0.4, 0.5) is 34.1 Å². The second-order valence-corrected chi connectivity index (χ2v) is 16.6. The number of rotatable bonds is 8. The van der Waals surface area contributed by atoms with Gasteiger partial charge in [-0.3, -0.25) is 0 Å². The molecule has 0 saturated carbocycles. The molecule has 0 saturated heterocycles. The van der Waals surface area contributed by atoms with E-state index in [1.807, 2.05) is 22.7 Å². The third-order valence-electron chi connectivity index (χ3n) is 11.0. The summed E-state index contributed by atoms with van der Waals surface area (Å²) >= 11 is 3.77. The lowest BCUT2D eigenvalue weighted by molar-refractivity contribution is 1.29. The van der Waals surface area contributed by atoms with Crippen LogP contribution in [0.15, 0.2) is 218 Å². The van der Waals surface area contributed by atoms with Gasteiger partial charge in [0.1, 0.15) is 0 Å². The SMILES string of the molecule is c1ccc(N(c2ccccc2)c2cc(-c3ccccc3-c3cc(N(c4ccccc4)c4ccccc4)cc4c3sc3ccccc34)c3sc4ccccc4c3c2)cc1. The van der Waals surface area contributed by atoms with E-state index in [0.717, 1.165) is 34.1 Å². The molecule has 0 bridgehead atoms. The fraction of sp³-hybridized carbons (Fsp3) is 0. The molecule has 0 radical (unpaired) electrons. The van der Waals surface area contributed by atoms with Crippen LogP contribution >= 0.6 is 22.7 Å². The average molecular weight is 777 g/mol. The molecule has 0 amide bonds. The number of para-hydroxylation sites is 4. The summed E-state index contributed by atoms with van der Waals surface area (Å²) < 4.78 is 5.15. The van der Waals surface area contributed by atoms with Gasteiger partial charge < -0.3 is 9.80 Å². The van der Waals surface area contributed by atoms with Gasteiger partial charge in [-0.15, -0.1) is 22.7 Å². The number of hydrogen-bond acceptors (Lipinski definition) is 4. The largest absolute Gasteiger partial charge is 0.310 e. The summed E-state index contributed by atoms with van der Waals surface area (Å²) in [6.07, 6.45) is 0. The Balaban J connectivity index is 1.21. The zero-order valence-electron chi connectivity index (χ0n) is 31.5. The fourth-order valence-corrected chi connectivity index (χ4v) is 10.9. The van der Waals surface area contributed by atoms with Crippen LogP contribution in [0.1, 0.15) is 0 Å². The molecule has 11 rings (SSSR count). The van der Waals surface area contributed by atoms with Crippen molar-refractivity contribution in [2.24, 2.45) is 0 Å². The molecule has 9 aromatic carbocycles. The molecule has 58 heavy (non-hydrogen) atoms. The minimum Gasteiger partial charge on any atom is -0.310 e. The quantitative estimate of drug-likeness (QED) is 0.152. The van der Waals surface area contributed by atoms with E-state index in [0.29, 0.717) is 0 Å². The Kier molecular flexibility index (Phi) is 8.58. The minimum atomic E-state index is 1.12. The van der Waals surface area contributed by atoms with Gasteiger partial charge >= 0.3 is 0 Å². The van der Waals surface area contributed by atoms with Crippen LogP contribution in [-0.2, 0) is 0 Å². The molecular weight excluding hydrogens is 741 g/mol. The molecule has 274 valence electrons. The second-order valence-electron chi connectivity index (χ2n) is 14.5. The number of nitrogens with zero attached hydrogens (tertiary/aromatic N) is 2. The van der Waals surface area contributed by atoms with Gasteiger partial charge in [0.25, 0.3) is 0 Å². The zero-order valence-corrected chi connectivity index (χ0v) is 33.1. The summed E-state index contributed by atoms with van der Waals surface area (Å²) in [4.78, 5) is 4.78. The first-order valence-electron chi connectivity index (χ1n) is 19.6. The topological polar surface area (TPSA) is 6.48 Å². The van der Waals surface area contributed by atoms with E-state index in [4.69, 9.17) is 0 Å². The molecule has 0 fully saturated rings. The van der Waals surface area contributed by atoms with Crippen molar-refractivity contribution in [2.75, 3.05) is 9.80 Å². The zero-order chi connectivity index (χ0) is 38.4. The van der Waals surface area contributed by atoms with Gasteiger partial charge in [0.15, 0.2) is 0 Å². The lowest BCUT2D eigenvalue weighted by Gasteiger charge is -2.27. The predicted molar refractivity (Wildman–Crippen MR) is 252 cm³/mol. The molecule has 0 aliphatic rings. The Bertz CT molecular complexity index is 2930. The van der Waals surface area contributed by atoms with Gasteiger partial charge in [-0.1, -0.05) is 133 Å². The van der Waals surface area contributed by atoms with Crippen molar-refractivity contribution in [2.45, 2.75) is 0 Å². The van der Waals surface area contributed by atoms with E-state index in [2.05, 4.69) is 228 Å². The first kappa shape index (κ1) is 34.3. The maximum absolute atomic E-state index is 2.42. The lowest BCUT2D eigenvalue weighted by Crippen LogP contribution is -2.10. The molecule has 11 aromatic rings. The van der Waals surface area contributed by atoms with Gasteiger partial charge in [0.2, 0.25) is 0 Å². The molecule has 0 atom stereocenters. The predicted octanol–water partition coefficient (Wildman–Crippen LogP) is 16.7. The Morgan fingerprint density at radius 2 is 0.552 bits per heavy atom. The Morgan fingerprint density at radius 1 is 0.241 bits per heavy atom. The second kappa shape index (κ2) is 14.5. The van der Waals surface area contributed by atoms with E-state index < -0.39 is 0 Å². The highest BCUT2D eigenvalue weighted by atomic mass is 32.1. The van der Waals surface area contributed by atoms with Crippen molar-refractivity contribution < 1.29 is 0 Å². The molecule has 2 aromatic heterocycles. The molecule has 0 unspecified atom stereocenters. The van der Waals surface area contributed by atoms with E-state index in [9.17, 15) is 0 Å². The van der Waals surface area contributed by atoms with Crippen molar-refractivity contribution in [3.05, 3.63) is 218 Å². The highest BCUT2D eigenvalue weighted by molar-refractivity contribution is 7.26. The summed E-state index contributed by atoms with van der Waals surface area (Å²) in [7, 11) is 0. The summed E-state index contributed by atoms with van der Waals surface area (Å²) in [5.74, 6) is 0. The van der Waals surface area contributed by atoms with Gasteiger partial charge in [-0.05, 0) is 96.1 Å². The molecule has 0 aliphatic heterocycles. The van der Waals surface area contributed by atoms with Gasteiger partial charge in [-0.25, -0.2) is 0 Å². The van der Waals surface area contributed by atoms with Crippen molar-refractivity contribution in [3.63, 3.8) is 0 Å². The van der Waals surface area contributed by atoms with Crippen LogP contribution in [0.25, 0.3) is 62.6 Å². The van der Waals surface area contributed by atoms with E-state index in [1.165, 1.54) is 62.6 Å². The van der Waals surface area contributed by atoms with E-state index >= 15 is 0 Å². The Hall–Kier alpha value is -6.98. The van der Waals surface area contributed by atoms with E-state index in [1.54, 1.807) is 0 Å². The molecular formula is C54H36N2S2. The number of benzene rings is 9. The molecule has 0 N–H and O–H groups in total. The normalized spacial score (nSPS) is 11.4. The van der Waals surface area contributed by atoms with Crippen LogP contribution in [0.5, 0.6) is 0 Å². The average Bonchev–Trinajstić information content (AvgIpc) is 3.86. The first-order valence-corrected chi connectivity index (χ1v) is 21.2. The van der Waals surface area contributed by atoms with Crippen LogP contribution in [-0.4, -0.2) is 0 Å². The number of fused-ring (bicyclic) bond motifs is 6. The minimum absolute atomic E-state index is 1.12. The van der Waals surface area contributed by atoms with E-state index in [-0.39, 0.29) is 0 Å². The summed E-state index contributed by atoms with van der Waals surface area (Å²) in [5, 5.41) is 5.08. The van der Waals surface area contributed by atoms with Crippen LogP contribution in [0, 0.1) is 0 Å². The molecule has 2 heterocycles. The fourth-order valence-electron chi connectivity index (χ4n) is 8.44. The number of thiophene rings is 2. The first-order chi connectivity index (χ1) is 28.8. The molecule has 4 heteroatoms. The van der Waals surface area contributed by atoms with Crippen LogP contribution in [0.3, 0.4) is 0 Å². The van der Waals surface area contributed by atoms with Gasteiger partial charge in [0.05, 0.1) is 0 Å². The standard InChI is InChI=1S/C54H36N2S2/c1-5-19-37(20-6-1)55(38-21-7-2-8-22-38)41-33-47(53-49(35-41)45-29-15-17-31-51(45)57-53)43-27-13-14-28-44(43)48-34-42(36-50-46-30-16-18-32-52(46)58-54(48)50)56(39-23-9-3-10-24-39)40-25-11-4-12-26-40/h1-36H. The monoisotopic (exact) mass is 776 g/mol. The molecule has 0 spiro atoms. The Labute approximate surface area is 345 Å². The Morgan fingerprint density at radius 3 is 0.914 bits per heavy atom. The molecule has 0 aliphatic carbocycles. The smallest absolute Gasteiger partial charge is 0.0475 e. The summed E-state index contributed by atoms with van der Waals surface area (Å²) in [5.41, 5.74) is 11.6. The molecule has 2 nitrogen and oxygen atoms in total. The lowest BCUT2D eigenvalue weighted by atomic mass is 9.91. The maximum atomic E-state index is 2.42. The van der Waals surface area contributed by atoms with Crippen LogP contribution < -0.4 is 9.80 Å². The summed E-state index contributed by atoms with van der Waals surface area (Å²) in [6, 6.07) is 79.3. The summed E-state index contributed by atoms with van der Waals surface area (Å²) in [6.45, 7) is 0. The third-order valence-corrected chi connectivity index (χ3v) is 13.4. The number of anilines is 6. The van der Waals surface area contributed by atoms with Crippen molar-refractivity contribution in [1.29, 1.82) is 0 Å². The number of hydrogen-bond donors (Lipinski definition) is 0. The van der Waals surface area contributed by atoms with Gasteiger partial charge in [0, 0.05) is 85.6 Å². The highest BCUT2D eigenvalue weighted by Crippen LogP contribution is 2.50. The van der Waals surface area contributed by atoms with Crippen LogP contribution in [0.2, 0.25) is 0 Å². The van der Waals surface area contributed by atoms with Gasteiger partial charge in [-0.2, -0.15) is 0 Å². The van der Waals surface area contributed by atoms with Crippen molar-refractivity contribution in [1.82, 2.24) is 0 Å². The maximum Gasteiger partial charge on any atom is 0.0475 e. The van der Waals surface area contributed by atoms with Crippen molar-refractivity contribution in [3.8, 4) is 22.3 Å². The third kappa shape index (κ3) is 5.93. The van der Waals surface area contributed by atoms with Crippen molar-refractivity contribution >= 4 is 97.1 Å². The highest BCUT2D eigenvalue weighted by Gasteiger charge is 2.23.